The van der Waals surface area contributed by atoms with Crippen molar-refractivity contribution in [3.8, 4) is 16.9 Å². The lowest BCUT2D eigenvalue weighted by Gasteiger charge is -2.10. The first-order valence-corrected chi connectivity index (χ1v) is 5.64. The van der Waals surface area contributed by atoms with Crippen LogP contribution < -0.4 is 10.5 Å². The summed E-state index contributed by atoms with van der Waals surface area (Å²) in [7, 11) is 0. The van der Waals surface area contributed by atoms with Crippen LogP contribution in [0.1, 0.15) is 0 Å². The van der Waals surface area contributed by atoms with Crippen molar-refractivity contribution in [3.63, 3.8) is 0 Å². The molecule has 0 saturated carbocycles. The summed E-state index contributed by atoms with van der Waals surface area (Å²) in [4.78, 5) is 0. The van der Waals surface area contributed by atoms with Gasteiger partial charge in [0.1, 0.15) is 5.75 Å². The lowest BCUT2D eigenvalue weighted by molar-refractivity contribution is -0.274. The molecule has 0 aliphatic carbocycles. The maximum atomic E-state index is 12.0. The minimum Gasteiger partial charge on any atom is -0.406 e. The number of nitrogen functional groups attached to an aromatic ring is 1. The Kier molecular flexibility index (Phi) is 3.57. The zero-order chi connectivity index (χ0) is 14.0. The van der Waals surface area contributed by atoms with Gasteiger partial charge in [0.2, 0.25) is 0 Å². The van der Waals surface area contributed by atoms with Gasteiger partial charge in [-0.1, -0.05) is 29.8 Å². The van der Waals surface area contributed by atoms with Gasteiger partial charge in [0.25, 0.3) is 0 Å². The third kappa shape index (κ3) is 3.54. The summed E-state index contributed by atoms with van der Waals surface area (Å²) in [6.07, 6.45) is -4.69. The molecule has 0 bridgehead atoms. The Bertz CT molecular complexity index is 581. The van der Waals surface area contributed by atoms with Crippen molar-refractivity contribution in [1.29, 1.82) is 0 Å². The van der Waals surface area contributed by atoms with Gasteiger partial charge in [0, 0.05) is 11.3 Å². The van der Waals surface area contributed by atoms with Crippen molar-refractivity contribution in [3.05, 3.63) is 47.5 Å². The van der Waals surface area contributed by atoms with Crippen LogP contribution in [-0.4, -0.2) is 6.36 Å². The molecule has 0 unspecified atom stereocenters. The van der Waals surface area contributed by atoms with Crippen molar-refractivity contribution < 1.29 is 17.9 Å². The van der Waals surface area contributed by atoms with E-state index in [9.17, 15) is 13.2 Å². The second kappa shape index (κ2) is 5.01. The van der Waals surface area contributed by atoms with E-state index >= 15 is 0 Å². The number of anilines is 1. The topological polar surface area (TPSA) is 35.2 Å². The fourth-order valence-electron chi connectivity index (χ4n) is 1.60. The number of halogens is 4. The fourth-order valence-corrected chi connectivity index (χ4v) is 1.90. The Morgan fingerprint density at radius 3 is 2.16 bits per heavy atom. The third-order valence-corrected chi connectivity index (χ3v) is 2.70. The van der Waals surface area contributed by atoms with Crippen LogP contribution in [0.5, 0.6) is 5.75 Å². The highest BCUT2D eigenvalue weighted by Crippen LogP contribution is 2.31. The normalized spacial score (nSPS) is 11.4. The van der Waals surface area contributed by atoms with Gasteiger partial charge in [0.05, 0.1) is 5.02 Å². The Labute approximate surface area is 112 Å². The number of hydrogen-bond acceptors (Lipinski definition) is 2. The monoisotopic (exact) mass is 287 g/mol. The highest BCUT2D eigenvalue weighted by molar-refractivity contribution is 6.33. The van der Waals surface area contributed by atoms with Crippen molar-refractivity contribution >= 4 is 17.3 Å². The smallest absolute Gasteiger partial charge is 0.406 e. The first kappa shape index (κ1) is 13.5. The summed E-state index contributed by atoms with van der Waals surface area (Å²) >= 11 is 6.02. The van der Waals surface area contributed by atoms with Gasteiger partial charge >= 0.3 is 6.36 Å². The molecule has 0 radical (unpaired) electrons. The standard InChI is InChI=1S/C13H9ClF3NO/c14-12-7-9(18)3-6-11(12)8-1-4-10(5-2-8)19-13(15,16)17/h1-7H,18H2. The van der Waals surface area contributed by atoms with Gasteiger partial charge in [-0.15, -0.1) is 13.2 Å². The molecule has 0 aliphatic heterocycles. The molecule has 6 heteroatoms. The lowest BCUT2D eigenvalue weighted by atomic mass is 10.1. The quantitative estimate of drug-likeness (QED) is 0.826. The second-order valence-electron chi connectivity index (χ2n) is 3.81. The molecule has 2 rings (SSSR count). The van der Waals surface area contributed by atoms with Crippen molar-refractivity contribution in [1.82, 2.24) is 0 Å². The first-order valence-electron chi connectivity index (χ1n) is 5.26. The van der Waals surface area contributed by atoms with Crippen molar-refractivity contribution in [2.45, 2.75) is 6.36 Å². The fraction of sp³-hybridized carbons (Fsp3) is 0.0769. The average Bonchev–Trinajstić information content (AvgIpc) is 2.28. The third-order valence-electron chi connectivity index (χ3n) is 2.39. The summed E-state index contributed by atoms with van der Waals surface area (Å²) in [6.45, 7) is 0. The molecule has 0 saturated heterocycles. The molecule has 0 amide bonds. The van der Waals surface area contributed by atoms with Gasteiger partial charge in [-0.25, -0.2) is 0 Å². The molecule has 0 heterocycles. The van der Waals surface area contributed by atoms with E-state index in [1.54, 1.807) is 18.2 Å². The van der Waals surface area contributed by atoms with E-state index in [4.69, 9.17) is 17.3 Å². The van der Waals surface area contributed by atoms with Crippen LogP contribution in [0.2, 0.25) is 5.02 Å². The molecule has 0 aliphatic rings. The van der Waals surface area contributed by atoms with Crippen LogP contribution >= 0.6 is 11.6 Å². The van der Waals surface area contributed by atoms with Crippen LogP contribution in [0.25, 0.3) is 11.1 Å². The zero-order valence-corrected chi connectivity index (χ0v) is 10.3. The highest BCUT2D eigenvalue weighted by atomic mass is 35.5. The Morgan fingerprint density at radius 2 is 1.63 bits per heavy atom. The van der Waals surface area contributed by atoms with E-state index in [0.717, 1.165) is 0 Å². The van der Waals surface area contributed by atoms with Crippen molar-refractivity contribution in [2.24, 2.45) is 0 Å². The van der Waals surface area contributed by atoms with Gasteiger partial charge in [-0.2, -0.15) is 0 Å². The maximum absolute atomic E-state index is 12.0. The summed E-state index contributed by atoms with van der Waals surface area (Å²) < 4.78 is 39.8. The van der Waals surface area contributed by atoms with E-state index in [1.165, 1.54) is 24.3 Å². The van der Waals surface area contributed by atoms with Crippen LogP contribution in [0, 0.1) is 0 Å². The number of hydrogen-bond donors (Lipinski definition) is 1. The van der Waals surface area contributed by atoms with E-state index < -0.39 is 6.36 Å². The first-order chi connectivity index (χ1) is 8.85. The molecule has 2 N–H and O–H groups in total. The van der Waals surface area contributed by atoms with Crippen LogP contribution in [0.4, 0.5) is 18.9 Å². The minimum absolute atomic E-state index is 0.275. The summed E-state index contributed by atoms with van der Waals surface area (Å²) in [5, 5.41) is 0.435. The number of benzene rings is 2. The molecule has 2 aromatic carbocycles. The number of rotatable bonds is 2. The molecule has 0 spiro atoms. The summed E-state index contributed by atoms with van der Waals surface area (Å²) in [5.74, 6) is -0.275. The molecular formula is C13H9ClF3NO. The maximum Gasteiger partial charge on any atom is 0.573 e. The molecule has 2 aromatic rings. The number of alkyl halides is 3. The van der Waals surface area contributed by atoms with Gasteiger partial charge in [-0.05, 0) is 29.8 Å². The highest BCUT2D eigenvalue weighted by Gasteiger charge is 2.30. The number of nitrogens with two attached hydrogens (primary N) is 1. The Balaban J connectivity index is 2.27. The van der Waals surface area contributed by atoms with Crippen molar-refractivity contribution in [2.75, 3.05) is 5.73 Å². The molecule has 0 aromatic heterocycles. The lowest BCUT2D eigenvalue weighted by Crippen LogP contribution is -2.16. The number of ether oxygens (including phenoxy) is 1. The van der Waals surface area contributed by atoms with Crippen LogP contribution in [0.3, 0.4) is 0 Å². The predicted octanol–water partition coefficient (Wildman–Crippen LogP) is 4.49. The zero-order valence-electron chi connectivity index (χ0n) is 9.54. The van der Waals surface area contributed by atoms with Gasteiger partial charge < -0.3 is 10.5 Å². The Hall–Kier alpha value is -1.88. The molecule has 100 valence electrons. The SMILES string of the molecule is Nc1ccc(-c2ccc(OC(F)(F)F)cc2)c(Cl)c1. The minimum atomic E-state index is -4.69. The van der Waals surface area contributed by atoms with E-state index in [-0.39, 0.29) is 5.75 Å². The second-order valence-corrected chi connectivity index (χ2v) is 4.22. The molecule has 0 fully saturated rings. The molecular weight excluding hydrogens is 279 g/mol. The van der Waals surface area contributed by atoms with E-state index in [0.29, 0.717) is 21.8 Å². The summed E-state index contributed by atoms with van der Waals surface area (Å²) in [5.41, 5.74) is 7.46. The van der Waals surface area contributed by atoms with Gasteiger partial charge in [-0.3, -0.25) is 0 Å². The van der Waals surface area contributed by atoms with E-state index in [2.05, 4.69) is 4.74 Å². The predicted molar refractivity (Wildman–Crippen MR) is 68.0 cm³/mol. The molecule has 0 atom stereocenters. The largest absolute Gasteiger partial charge is 0.573 e. The van der Waals surface area contributed by atoms with Crippen LogP contribution in [0.15, 0.2) is 42.5 Å². The average molecular weight is 288 g/mol. The van der Waals surface area contributed by atoms with Crippen LogP contribution in [-0.2, 0) is 0 Å². The molecule has 19 heavy (non-hydrogen) atoms. The summed E-state index contributed by atoms with van der Waals surface area (Å²) in [6, 6.07) is 10.4. The van der Waals surface area contributed by atoms with Gasteiger partial charge in [0.15, 0.2) is 0 Å². The van der Waals surface area contributed by atoms with E-state index in [1.807, 2.05) is 0 Å². The Morgan fingerprint density at radius 1 is 1.00 bits per heavy atom. The molecule has 2 nitrogen and oxygen atoms in total.